The van der Waals surface area contributed by atoms with Gasteiger partial charge >= 0.3 is 0 Å². The Balaban J connectivity index is 1.58. The average molecular weight is 365 g/mol. The second-order valence-corrected chi connectivity index (χ2v) is 5.95. The van der Waals surface area contributed by atoms with Gasteiger partial charge < -0.3 is 10.1 Å². The number of anilines is 1. The zero-order chi connectivity index (χ0) is 18.2. The largest absolute Gasteiger partial charge is 0.487 e. The molecule has 0 aliphatic carbocycles. The SMILES string of the molecule is O=C(/C=C/c1cccc(Cl)c1)Nc1cccc(OCc2ccccn2)c1. The summed E-state index contributed by atoms with van der Waals surface area (Å²) in [6.07, 6.45) is 4.90. The number of amides is 1. The van der Waals surface area contributed by atoms with Gasteiger partial charge in [-0.25, -0.2) is 0 Å². The van der Waals surface area contributed by atoms with Crippen molar-refractivity contribution in [2.24, 2.45) is 0 Å². The fourth-order valence-corrected chi connectivity index (χ4v) is 2.47. The van der Waals surface area contributed by atoms with Crippen molar-refractivity contribution in [2.75, 3.05) is 5.32 Å². The number of hydrogen-bond acceptors (Lipinski definition) is 3. The van der Waals surface area contributed by atoms with Crippen LogP contribution < -0.4 is 10.1 Å². The lowest BCUT2D eigenvalue weighted by Crippen LogP contribution is -2.07. The molecule has 0 saturated carbocycles. The highest BCUT2D eigenvalue weighted by Crippen LogP contribution is 2.18. The first kappa shape index (κ1) is 17.7. The molecule has 0 bridgehead atoms. The summed E-state index contributed by atoms with van der Waals surface area (Å²) in [7, 11) is 0. The summed E-state index contributed by atoms with van der Waals surface area (Å²) < 4.78 is 5.71. The summed E-state index contributed by atoms with van der Waals surface area (Å²) in [5, 5.41) is 3.44. The third kappa shape index (κ3) is 5.46. The van der Waals surface area contributed by atoms with E-state index in [1.165, 1.54) is 6.08 Å². The van der Waals surface area contributed by atoms with Crippen LogP contribution in [0.15, 0.2) is 79.0 Å². The number of halogens is 1. The summed E-state index contributed by atoms with van der Waals surface area (Å²) >= 11 is 5.93. The maximum atomic E-state index is 12.1. The van der Waals surface area contributed by atoms with E-state index in [1.54, 1.807) is 36.5 Å². The van der Waals surface area contributed by atoms with Gasteiger partial charge in [-0.05, 0) is 48.0 Å². The van der Waals surface area contributed by atoms with Gasteiger partial charge in [-0.1, -0.05) is 35.9 Å². The van der Waals surface area contributed by atoms with Crippen LogP contribution >= 0.6 is 11.6 Å². The lowest BCUT2D eigenvalue weighted by atomic mass is 10.2. The molecule has 0 aliphatic heterocycles. The number of nitrogens with one attached hydrogen (secondary N) is 1. The highest BCUT2D eigenvalue weighted by Gasteiger charge is 2.01. The van der Waals surface area contributed by atoms with Crippen molar-refractivity contribution in [1.82, 2.24) is 4.98 Å². The van der Waals surface area contributed by atoms with E-state index in [0.29, 0.717) is 23.1 Å². The van der Waals surface area contributed by atoms with Gasteiger partial charge in [0.15, 0.2) is 0 Å². The third-order valence-corrected chi connectivity index (χ3v) is 3.73. The topological polar surface area (TPSA) is 51.2 Å². The van der Waals surface area contributed by atoms with Crippen LogP contribution in [0.25, 0.3) is 6.08 Å². The molecular formula is C21H17ClN2O2. The molecule has 0 radical (unpaired) electrons. The van der Waals surface area contributed by atoms with Gasteiger partial charge in [0.05, 0.1) is 5.69 Å². The number of carbonyl (C=O) groups is 1. The maximum absolute atomic E-state index is 12.1. The second-order valence-electron chi connectivity index (χ2n) is 5.52. The molecule has 26 heavy (non-hydrogen) atoms. The van der Waals surface area contributed by atoms with Crippen molar-refractivity contribution >= 4 is 29.3 Å². The Hall–Kier alpha value is -3.11. The van der Waals surface area contributed by atoms with E-state index in [1.807, 2.05) is 42.5 Å². The van der Waals surface area contributed by atoms with E-state index in [-0.39, 0.29) is 5.91 Å². The monoisotopic (exact) mass is 364 g/mol. The van der Waals surface area contributed by atoms with E-state index in [9.17, 15) is 4.79 Å². The van der Waals surface area contributed by atoms with Gasteiger partial charge in [0.25, 0.3) is 0 Å². The molecule has 0 saturated heterocycles. The molecule has 1 N–H and O–H groups in total. The number of nitrogens with zero attached hydrogens (tertiary/aromatic N) is 1. The number of benzene rings is 2. The van der Waals surface area contributed by atoms with Crippen LogP contribution in [0.4, 0.5) is 5.69 Å². The number of hydrogen-bond donors (Lipinski definition) is 1. The van der Waals surface area contributed by atoms with Crippen LogP contribution in [0.2, 0.25) is 5.02 Å². The van der Waals surface area contributed by atoms with Crippen LogP contribution in [0, 0.1) is 0 Å². The predicted octanol–water partition coefficient (Wildman–Crippen LogP) is 4.97. The van der Waals surface area contributed by atoms with Crippen LogP contribution in [0.3, 0.4) is 0 Å². The van der Waals surface area contributed by atoms with Gasteiger partial charge in [0.2, 0.25) is 5.91 Å². The molecule has 3 aromatic rings. The molecule has 0 aliphatic rings. The molecule has 3 rings (SSSR count). The van der Waals surface area contributed by atoms with E-state index >= 15 is 0 Å². The minimum Gasteiger partial charge on any atom is -0.487 e. The zero-order valence-electron chi connectivity index (χ0n) is 13.9. The van der Waals surface area contributed by atoms with Crippen molar-refractivity contribution in [3.05, 3.63) is 95.3 Å². The van der Waals surface area contributed by atoms with E-state index in [2.05, 4.69) is 10.3 Å². The second kappa shape index (κ2) is 8.83. The minimum absolute atomic E-state index is 0.230. The molecular weight excluding hydrogens is 348 g/mol. The van der Waals surface area contributed by atoms with Crippen molar-refractivity contribution < 1.29 is 9.53 Å². The van der Waals surface area contributed by atoms with Crippen molar-refractivity contribution in [1.29, 1.82) is 0 Å². The summed E-state index contributed by atoms with van der Waals surface area (Å²) in [5.74, 6) is 0.430. The fraction of sp³-hybridized carbons (Fsp3) is 0.0476. The Kier molecular flexibility index (Phi) is 6.01. The Morgan fingerprint density at radius 1 is 1.08 bits per heavy atom. The molecule has 2 aromatic carbocycles. The molecule has 130 valence electrons. The Labute approximate surface area is 157 Å². The Morgan fingerprint density at radius 3 is 2.77 bits per heavy atom. The van der Waals surface area contributed by atoms with Crippen LogP contribution in [0.1, 0.15) is 11.3 Å². The van der Waals surface area contributed by atoms with Gasteiger partial charge in [0.1, 0.15) is 12.4 Å². The highest BCUT2D eigenvalue weighted by molar-refractivity contribution is 6.30. The quantitative estimate of drug-likeness (QED) is 0.628. The number of aromatic nitrogens is 1. The fourth-order valence-electron chi connectivity index (χ4n) is 2.27. The van der Waals surface area contributed by atoms with Crippen molar-refractivity contribution in [3.63, 3.8) is 0 Å². The highest BCUT2D eigenvalue weighted by atomic mass is 35.5. The molecule has 0 spiro atoms. The molecule has 5 heteroatoms. The van der Waals surface area contributed by atoms with Crippen LogP contribution in [-0.4, -0.2) is 10.9 Å². The molecule has 0 fully saturated rings. The first-order valence-electron chi connectivity index (χ1n) is 8.06. The lowest BCUT2D eigenvalue weighted by Gasteiger charge is -2.08. The lowest BCUT2D eigenvalue weighted by molar-refractivity contribution is -0.111. The molecule has 0 unspecified atom stereocenters. The standard InChI is InChI=1S/C21H17ClN2O2/c22-17-6-3-5-16(13-17)10-11-21(25)24-18-8-4-9-20(14-18)26-15-19-7-1-2-12-23-19/h1-14H,15H2,(H,24,25)/b11-10+. The van der Waals surface area contributed by atoms with Crippen LogP contribution in [-0.2, 0) is 11.4 Å². The molecule has 4 nitrogen and oxygen atoms in total. The van der Waals surface area contributed by atoms with Crippen molar-refractivity contribution in [3.8, 4) is 5.75 Å². The number of rotatable bonds is 6. The normalized spacial score (nSPS) is 10.7. The van der Waals surface area contributed by atoms with E-state index in [4.69, 9.17) is 16.3 Å². The van der Waals surface area contributed by atoms with Gasteiger partial charge in [0, 0.05) is 29.0 Å². The van der Waals surface area contributed by atoms with E-state index < -0.39 is 0 Å². The van der Waals surface area contributed by atoms with Gasteiger partial charge in [-0.2, -0.15) is 0 Å². The van der Waals surface area contributed by atoms with Crippen molar-refractivity contribution in [2.45, 2.75) is 6.61 Å². The Bertz CT molecular complexity index is 911. The first-order chi connectivity index (χ1) is 12.7. The maximum Gasteiger partial charge on any atom is 0.248 e. The average Bonchev–Trinajstić information content (AvgIpc) is 2.66. The first-order valence-corrected chi connectivity index (χ1v) is 8.44. The predicted molar refractivity (Wildman–Crippen MR) is 104 cm³/mol. The van der Waals surface area contributed by atoms with E-state index in [0.717, 1.165) is 11.3 Å². The van der Waals surface area contributed by atoms with Gasteiger partial charge in [-0.3, -0.25) is 9.78 Å². The smallest absolute Gasteiger partial charge is 0.248 e. The number of pyridine rings is 1. The summed E-state index contributed by atoms with van der Waals surface area (Å²) in [6.45, 7) is 0.368. The van der Waals surface area contributed by atoms with Gasteiger partial charge in [-0.15, -0.1) is 0 Å². The number of carbonyl (C=O) groups excluding carboxylic acids is 1. The third-order valence-electron chi connectivity index (χ3n) is 3.49. The summed E-state index contributed by atoms with van der Waals surface area (Å²) in [5.41, 5.74) is 2.36. The summed E-state index contributed by atoms with van der Waals surface area (Å²) in [4.78, 5) is 16.3. The molecule has 1 aromatic heterocycles. The Morgan fingerprint density at radius 2 is 1.96 bits per heavy atom. The minimum atomic E-state index is -0.230. The molecule has 0 atom stereocenters. The zero-order valence-corrected chi connectivity index (χ0v) is 14.7. The molecule has 1 heterocycles. The number of ether oxygens (including phenoxy) is 1. The van der Waals surface area contributed by atoms with Crippen LogP contribution in [0.5, 0.6) is 5.75 Å². The molecule has 1 amide bonds. The summed E-state index contributed by atoms with van der Waals surface area (Å²) in [6, 6.07) is 20.2.